The fraction of sp³-hybridized carbons (Fsp3) is 0.409. The summed E-state index contributed by atoms with van der Waals surface area (Å²) in [5.74, 6) is -0.0664. The van der Waals surface area contributed by atoms with Crippen molar-refractivity contribution in [3.63, 3.8) is 0 Å². The molecule has 1 aromatic carbocycles. The molecule has 28 heavy (non-hydrogen) atoms. The zero-order valence-corrected chi connectivity index (χ0v) is 17.3. The number of amides is 2. The number of carbonyl (C=O) groups excluding carboxylic acids is 2. The number of hydrogen-bond donors (Lipinski definition) is 2. The average Bonchev–Trinajstić information content (AvgIpc) is 3.56. The minimum absolute atomic E-state index is 0.199. The van der Waals surface area contributed by atoms with Crippen molar-refractivity contribution < 1.29 is 9.59 Å². The van der Waals surface area contributed by atoms with Gasteiger partial charge in [-0.05, 0) is 55.4 Å². The monoisotopic (exact) mass is 399 g/mol. The van der Waals surface area contributed by atoms with Gasteiger partial charge in [-0.1, -0.05) is 43.6 Å². The zero-order chi connectivity index (χ0) is 20.3. The molecule has 0 spiro atoms. The number of nitrogens with zero attached hydrogens (tertiary/aromatic N) is 1. The van der Waals surface area contributed by atoms with Gasteiger partial charge in [0.1, 0.15) is 11.2 Å². The minimum Gasteiger partial charge on any atom is -0.357 e. The highest BCUT2D eigenvalue weighted by atomic mass is 35.5. The van der Waals surface area contributed by atoms with Crippen LogP contribution >= 0.6 is 11.6 Å². The number of pyridine rings is 1. The topological polar surface area (TPSA) is 71.1 Å². The molecule has 2 amide bonds. The summed E-state index contributed by atoms with van der Waals surface area (Å²) in [5.41, 5.74) is 2.18. The minimum atomic E-state index is -0.946. The Morgan fingerprint density at radius 3 is 2.46 bits per heavy atom. The van der Waals surface area contributed by atoms with E-state index in [1.165, 1.54) is 0 Å². The van der Waals surface area contributed by atoms with Gasteiger partial charge < -0.3 is 10.6 Å². The van der Waals surface area contributed by atoms with Crippen LogP contribution in [0.5, 0.6) is 0 Å². The number of rotatable bonds is 7. The third-order valence-electron chi connectivity index (χ3n) is 5.50. The second kappa shape index (κ2) is 8.31. The van der Waals surface area contributed by atoms with Crippen LogP contribution in [0.4, 0.5) is 0 Å². The zero-order valence-electron chi connectivity index (χ0n) is 16.5. The van der Waals surface area contributed by atoms with E-state index in [1.54, 1.807) is 13.1 Å². The average molecular weight is 400 g/mol. The van der Waals surface area contributed by atoms with Crippen molar-refractivity contribution in [1.82, 2.24) is 15.6 Å². The first-order valence-electron chi connectivity index (χ1n) is 9.75. The smallest absolute Gasteiger partial charge is 0.270 e. The number of halogens is 1. The standard InChI is InChI=1S/C22H26ClN3O2/c1-4-22(5-2,21(28)24-3)26-20(27)18-12-11-17(14-9-10-14)19(25-18)15-7-6-8-16(23)13-15/h6-8,11-14H,4-5,9-10H2,1-3H3,(H,24,28)(H,26,27). The predicted octanol–water partition coefficient (Wildman–Crippen LogP) is 4.31. The van der Waals surface area contributed by atoms with Crippen molar-refractivity contribution in [2.24, 2.45) is 0 Å². The summed E-state index contributed by atoms with van der Waals surface area (Å²) in [6, 6.07) is 11.2. The van der Waals surface area contributed by atoms with Gasteiger partial charge in [0.2, 0.25) is 5.91 Å². The molecule has 1 aliphatic rings. The maximum absolute atomic E-state index is 13.0. The number of nitrogens with one attached hydrogen (secondary N) is 2. The molecule has 3 rings (SSSR count). The van der Waals surface area contributed by atoms with Crippen molar-refractivity contribution in [3.8, 4) is 11.3 Å². The van der Waals surface area contributed by atoms with Crippen molar-refractivity contribution in [2.45, 2.75) is 51.0 Å². The van der Waals surface area contributed by atoms with Crippen LogP contribution in [0.15, 0.2) is 36.4 Å². The number of likely N-dealkylation sites (N-methyl/N-ethyl adjacent to an activating group) is 1. The molecule has 0 aliphatic heterocycles. The van der Waals surface area contributed by atoms with Gasteiger partial charge in [-0.25, -0.2) is 4.98 Å². The first kappa shape index (κ1) is 20.3. The Morgan fingerprint density at radius 1 is 1.18 bits per heavy atom. The molecule has 0 saturated heterocycles. The summed E-state index contributed by atoms with van der Waals surface area (Å²) in [6.07, 6.45) is 3.25. The summed E-state index contributed by atoms with van der Waals surface area (Å²) >= 11 is 6.17. The molecule has 1 aromatic heterocycles. The van der Waals surface area contributed by atoms with E-state index >= 15 is 0 Å². The van der Waals surface area contributed by atoms with E-state index in [2.05, 4.69) is 15.6 Å². The van der Waals surface area contributed by atoms with E-state index in [4.69, 9.17) is 11.6 Å². The normalized spacial score (nSPS) is 13.9. The molecule has 0 atom stereocenters. The molecule has 0 bridgehead atoms. The van der Waals surface area contributed by atoms with Gasteiger partial charge in [0, 0.05) is 17.6 Å². The van der Waals surface area contributed by atoms with Crippen molar-refractivity contribution in [1.29, 1.82) is 0 Å². The van der Waals surface area contributed by atoms with Crippen LogP contribution in [0.25, 0.3) is 11.3 Å². The highest BCUT2D eigenvalue weighted by Crippen LogP contribution is 2.44. The second-order valence-electron chi connectivity index (χ2n) is 7.24. The van der Waals surface area contributed by atoms with Gasteiger partial charge in [-0.3, -0.25) is 9.59 Å². The first-order valence-corrected chi connectivity index (χ1v) is 10.1. The van der Waals surface area contributed by atoms with Crippen LogP contribution in [0.1, 0.15) is 61.5 Å². The highest BCUT2D eigenvalue weighted by Gasteiger charge is 2.36. The lowest BCUT2D eigenvalue weighted by molar-refractivity contribution is -0.127. The van der Waals surface area contributed by atoms with Crippen LogP contribution in [0, 0.1) is 0 Å². The number of benzene rings is 1. The van der Waals surface area contributed by atoms with Gasteiger partial charge >= 0.3 is 0 Å². The Labute approximate surface area is 170 Å². The molecule has 1 saturated carbocycles. The third kappa shape index (κ3) is 4.04. The lowest BCUT2D eigenvalue weighted by atomic mass is 9.91. The Morgan fingerprint density at radius 2 is 1.89 bits per heavy atom. The van der Waals surface area contributed by atoms with E-state index in [1.807, 2.05) is 44.2 Å². The number of hydrogen-bond acceptors (Lipinski definition) is 3. The summed E-state index contributed by atoms with van der Waals surface area (Å²) in [6.45, 7) is 3.78. The van der Waals surface area contributed by atoms with E-state index in [0.717, 1.165) is 29.7 Å². The Bertz CT molecular complexity index is 889. The van der Waals surface area contributed by atoms with Crippen molar-refractivity contribution >= 4 is 23.4 Å². The predicted molar refractivity (Wildman–Crippen MR) is 112 cm³/mol. The van der Waals surface area contributed by atoms with Crippen LogP contribution in [-0.2, 0) is 4.79 Å². The molecule has 5 nitrogen and oxygen atoms in total. The van der Waals surface area contributed by atoms with E-state index < -0.39 is 5.54 Å². The Hall–Kier alpha value is -2.40. The molecule has 6 heteroatoms. The summed E-state index contributed by atoms with van der Waals surface area (Å²) in [7, 11) is 1.58. The fourth-order valence-electron chi connectivity index (χ4n) is 3.51. The molecule has 148 valence electrons. The van der Waals surface area contributed by atoms with Crippen LogP contribution in [0.2, 0.25) is 5.02 Å². The molecular formula is C22H26ClN3O2. The van der Waals surface area contributed by atoms with Crippen molar-refractivity contribution in [3.05, 3.63) is 52.7 Å². The lowest BCUT2D eigenvalue weighted by Crippen LogP contribution is -2.57. The summed E-state index contributed by atoms with van der Waals surface area (Å²) in [5, 5.41) is 6.19. The van der Waals surface area contributed by atoms with Gasteiger partial charge in [0.05, 0.1) is 5.69 Å². The van der Waals surface area contributed by atoms with Crippen LogP contribution in [0.3, 0.4) is 0 Å². The Balaban J connectivity index is 1.97. The molecule has 0 unspecified atom stereocenters. The van der Waals surface area contributed by atoms with Crippen molar-refractivity contribution in [2.75, 3.05) is 7.05 Å². The van der Waals surface area contributed by atoms with Crippen LogP contribution in [-0.4, -0.2) is 29.4 Å². The van der Waals surface area contributed by atoms with Crippen LogP contribution < -0.4 is 10.6 Å². The van der Waals surface area contributed by atoms with E-state index in [-0.39, 0.29) is 11.8 Å². The largest absolute Gasteiger partial charge is 0.357 e. The Kier molecular flexibility index (Phi) is 6.04. The summed E-state index contributed by atoms with van der Waals surface area (Å²) < 4.78 is 0. The molecular weight excluding hydrogens is 374 g/mol. The lowest BCUT2D eigenvalue weighted by Gasteiger charge is -2.30. The molecule has 1 aliphatic carbocycles. The molecule has 1 heterocycles. The SMILES string of the molecule is CCC(CC)(NC(=O)c1ccc(C2CC2)c(-c2cccc(Cl)c2)n1)C(=O)NC. The maximum Gasteiger partial charge on any atom is 0.270 e. The van der Waals surface area contributed by atoms with Gasteiger partial charge in [-0.15, -0.1) is 0 Å². The van der Waals surface area contributed by atoms with E-state index in [9.17, 15) is 9.59 Å². The highest BCUT2D eigenvalue weighted by molar-refractivity contribution is 6.30. The molecule has 2 aromatic rings. The molecule has 1 fully saturated rings. The van der Waals surface area contributed by atoms with E-state index in [0.29, 0.717) is 29.5 Å². The summed E-state index contributed by atoms with van der Waals surface area (Å²) in [4.78, 5) is 30.0. The molecule has 2 N–H and O–H groups in total. The van der Waals surface area contributed by atoms with Gasteiger partial charge in [0.25, 0.3) is 5.91 Å². The third-order valence-corrected chi connectivity index (χ3v) is 5.73. The number of aromatic nitrogens is 1. The van der Waals surface area contributed by atoms with Gasteiger partial charge in [0.15, 0.2) is 0 Å². The number of carbonyl (C=O) groups is 2. The first-order chi connectivity index (χ1) is 13.4. The quantitative estimate of drug-likeness (QED) is 0.728. The maximum atomic E-state index is 13.0. The second-order valence-corrected chi connectivity index (χ2v) is 7.68. The van der Waals surface area contributed by atoms with Gasteiger partial charge in [-0.2, -0.15) is 0 Å². The molecule has 0 radical (unpaired) electrons. The fourth-order valence-corrected chi connectivity index (χ4v) is 3.70.